The standard InChI is InChI=1S/C46H48ClNO/c1-3-35-28-46(49)44(42-24-23-36(27-45(42)47)40-17-10-16-39-31(2)11-8-18-41(39)40)26-37-30-48-38(29-43(35)37)15-9-14-32-19-21-34(22-20-32)25-33-12-6-4-5-7-13-33/h8,10-11,16-24,26-27,29-30,33,35H,3-7,9,12-15,25,28H2,1-2H3. The van der Waals surface area contributed by atoms with Crippen LogP contribution in [0.25, 0.3) is 33.5 Å². The lowest BCUT2D eigenvalue weighted by molar-refractivity contribution is -0.114. The number of rotatable bonds is 9. The van der Waals surface area contributed by atoms with Gasteiger partial charge in [-0.25, -0.2) is 0 Å². The number of allylic oxidation sites excluding steroid dienone is 1. The molecule has 1 unspecified atom stereocenters. The summed E-state index contributed by atoms with van der Waals surface area (Å²) in [6.07, 6.45) is 18.1. The molecule has 2 aliphatic carbocycles. The van der Waals surface area contributed by atoms with Crippen LogP contribution in [-0.4, -0.2) is 10.8 Å². The van der Waals surface area contributed by atoms with E-state index < -0.39 is 0 Å². The average molecular weight is 666 g/mol. The van der Waals surface area contributed by atoms with Crippen LogP contribution in [0.2, 0.25) is 5.02 Å². The third-order valence-electron chi connectivity index (χ3n) is 11.1. The average Bonchev–Trinajstić information content (AvgIpc) is 3.46. The van der Waals surface area contributed by atoms with Crippen molar-refractivity contribution in [2.75, 3.05) is 0 Å². The molecule has 4 aromatic carbocycles. The third-order valence-corrected chi connectivity index (χ3v) is 11.4. The number of ketones is 1. The van der Waals surface area contributed by atoms with Crippen molar-refractivity contribution in [3.8, 4) is 11.1 Å². The Bertz CT molecular complexity index is 1980. The number of benzene rings is 4. The Morgan fingerprint density at radius 2 is 1.55 bits per heavy atom. The number of carbonyl (C=O) groups is 1. The van der Waals surface area contributed by atoms with Crippen LogP contribution in [0, 0.1) is 12.8 Å². The summed E-state index contributed by atoms with van der Waals surface area (Å²) in [7, 11) is 0. The maximum Gasteiger partial charge on any atom is 0.164 e. The first kappa shape index (κ1) is 33.5. The highest BCUT2D eigenvalue weighted by Crippen LogP contribution is 2.40. The molecule has 0 bridgehead atoms. The summed E-state index contributed by atoms with van der Waals surface area (Å²) in [5.41, 5.74) is 11.2. The zero-order chi connectivity index (χ0) is 33.7. The highest BCUT2D eigenvalue weighted by Gasteiger charge is 2.26. The molecule has 0 saturated heterocycles. The molecular weight excluding hydrogens is 618 g/mol. The van der Waals surface area contributed by atoms with Gasteiger partial charge in [-0.15, -0.1) is 0 Å². The second-order valence-corrected chi connectivity index (χ2v) is 14.9. The fourth-order valence-electron chi connectivity index (χ4n) is 8.25. The van der Waals surface area contributed by atoms with Gasteiger partial charge in [0.05, 0.1) is 0 Å². The van der Waals surface area contributed by atoms with E-state index in [0.29, 0.717) is 17.0 Å². The number of nitrogens with zero attached hydrogens (tertiary/aromatic N) is 1. The minimum Gasteiger partial charge on any atom is -0.294 e. The number of aryl methyl sites for hydroxylation is 3. The van der Waals surface area contributed by atoms with Gasteiger partial charge in [-0.2, -0.15) is 0 Å². The Kier molecular flexibility index (Phi) is 10.4. The summed E-state index contributed by atoms with van der Waals surface area (Å²) in [5.74, 6) is 1.17. The van der Waals surface area contributed by atoms with Crippen molar-refractivity contribution in [1.29, 1.82) is 0 Å². The van der Waals surface area contributed by atoms with Gasteiger partial charge in [0, 0.05) is 34.5 Å². The zero-order valence-electron chi connectivity index (χ0n) is 29.1. The second-order valence-electron chi connectivity index (χ2n) is 14.5. The molecule has 5 aromatic rings. The van der Waals surface area contributed by atoms with Gasteiger partial charge in [0.2, 0.25) is 0 Å². The minimum absolute atomic E-state index is 0.141. The van der Waals surface area contributed by atoms with E-state index in [2.05, 4.69) is 86.6 Å². The Hall–Kier alpha value is -4.01. The van der Waals surface area contributed by atoms with Crippen molar-refractivity contribution >= 4 is 39.8 Å². The molecule has 2 nitrogen and oxygen atoms in total. The van der Waals surface area contributed by atoms with E-state index in [0.717, 1.165) is 59.5 Å². The van der Waals surface area contributed by atoms with E-state index >= 15 is 0 Å². The number of hydrogen-bond acceptors (Lipinski definition) is 2. The maximum atomic E-state index is 13.8. The quantitative estimate of drug-likeness (QED) is 0.147. The minimum atomic E-state index is 0.141. The number of aromatic nitrogens is 1. The van der Waals surface area contributed by atoms with Crippen LogP contribution >= 0.6 is 11.6 Å². The largest absolute Gasteiger partial charge is 0.294 e. The van der Waals surface area contributed by atoms with E-state index in [-0.39, 0.29) is 11.7 Å². The summed E-state index contributed by atoms with van der Waals surface area (Å²) in [6, 6.07) is 30.6. The van der Waals surface area contributed by atoms with Gasteiger partial charge in [-0.3, -0.25) is 9.78 Å². The first-order chi connectivity index (χ1) is 24.0. The molecule has 0 spiro atoms. The molecule has 0 N–H and O–H groups in total. The molecule has 1 fully saturated rings. The van der Waals surface area contributed by atoms with Gasteiger partial charge in [0.25, 0.3) is 0 Å². The Balaban J connectivity index is 1.06. The van der Waals surface area contributed by atoms with Crippen LogP contribution in [0.3, 0.4) is 0 Å². The van der Waals surface area contributed by atoms with Gasteiger partial charge in [0.15, 0.2) is 5.78 Å². The summed E-state index contributed by atoms with van der Waals surface area (Å²) < 4.78 is 0. The first-order valence-electron chi connectivity index (χ1n) is 18.6. The van der Waals surface area contributed by atoms with E-state index in [9.17, 15) is 4.79 Å². The van der Waals surface area contributed by atoms with Gasteiger partial charge in [0.1, 0.15) is 0 Å². The van der Waals surface area contributed by atoms with E-state index in [1.54, 1.807) is 0 Å². The van der Waals surface area contributed by atoms with Crippen molar-refractivity contribution in [3.05, 3.63) is 135 Å². The number of pyridine rings is 1. The molecule has 1 atom stereocenters. The normalized spacial score (nSPS) is 17.0. The van der Waals surface area contributed by atoms with Gasteiger partial charge in [-0.05, 0) is 119 Å². The van der Waals surface area contributed by atoms with Crippen molar-refractivity contribution in [3.63, 3.8) is 0 Å². The molecule has 3 heteroatoms. The fourth-order valence-corrected chi connectivity index (χ4v) is 8.53. The molecule has 0 radical (unpaired) electrons. The summed E-state index contributed by atoms with van der Waals surface area (Å²) in [4.78, 5) is 18.7. The number of Topliss-reactive ketones (excluding diaryl/α,β-unsaturated/α-hetero) is 1. The maximum absolute atomic E-state index is 13.8. The lowest BCUT2D eigenvalue weighted by Gasteiger charge is -2.16. The van der Waals surface area contributed by atoms with Gasteiger partial charge < -0.3 is 0 Å². The molecule has 250 valence electrons. The van der Waals surface area contributed by atoms with Gasteiger partial charge in [-0.1, -0.05) is 130 Å². The van der Waals surface area contributed by atoms with Gasteiger partial charge >= 0.3 is 0 Å². The molecule has 0 amide bonds. The molecule has 1 aromatic heterocycles. The second kappa shape index (κ2) is 15.3. The predicted molar refractivity (Wildman–Crippen MR) is 207 cm³/mol. The first-order valence-corrected chi connectivity index (χ1v) is 18.9. The van der Waals surface area contributed by atoms with Crippen LogP contribution in [-0.2, 0) is 24.1 Å². The summed E-state index contributed by atoms with van der Waals surface area (Å²) in [6.45, 7) is 4.32. The SMILES string of the molecule is CCC1CC(=O)C(c2ccc(-c3cccc4c(C)cccc34)cc2Cl)=Cc2cnc(CCCc3ccc(CC4CCCCCC4)cc3)cc21. The highest BCUT2D eigenvalue weighted by atomic mass is 35.5. The molecular formula is C46H48ClNO. The van der Waals surface area contributed by atoms with Crippen LogP contribution in [0.1, 0.15) is 110 Å². The number of hydrogen-bond donors (Lipinski definition) is 0. The van der Waals surface area contributed by atoms with Crippen molar-refractivity contribution in [2.45, 2.75) is 96.8 Å². The van der Waals surface area contributed by atoms with Crippen LogP contribution in [0.4, 0.5) is 0 Å². The topological polar surface area (TPSA) is 30.0 Å². The lowest BCUT2D eigenvalue weighted by atomic mass is 9.89. The molecule has 49 heavy (non-hydrogen) atoms. The third kappa shape index (κ3) is 7.60. The Morgan fingerprint density at radius 3 is 2.33 bits per heavy atom. The lowest BCUT2D eigenvalue weighted by Crippen LogP contribution is -2.07. The summed E-state index contributed by atoms with van der Waals surface area (Å²) in [5, 5.41) is 3.04. The van der Waals surface area contributed by atoms with Crippen LogP contribution in [0.15, 0.2) is 91.1 Å². The van der Waals surface area contributed by atoms with Crippen molar-refractivity contribution in [1.82, 2.24) is 4.98 Å². The van der Waals surface area contributed by atoms with Crippen molar-refractivity contribution in [2.24, 2.45) is 5.92 Å². The highest BCUT2D eigenvalue weighted by molar-refractivity contribution is 6.36. The van der Waals surface area contributed by atoms with Crippen LogP contribution < -0.4 is 0 Å². The number of fused-ring (bicyclic) bond motifs is 2. The molecule has 2 aliphatic rings. The van der Waals surface area contributed by atoms with E-state index in [1.165, 1.54) is 78.0 Å². The molecule has 7 rings (SSSR count). The van der Waals surface area contributed by atoms with E-state index in [4.69, 9.17) is 16.6 Å². The van der Waals surface area contributed by atoms with E-state index in [1.807, 2.05) is 24.4 Å². The number of halogens is 1. The number of carbonyl (C=O) groups excluding carboxylic acids is 1. The summed E-state index contributed by atoms with van der Waals surface area (Å²) >= 11 is 6.99. The van der Waals surface area contributed by atoms with Crippen molar-refractivity contribution < 1.29 is 4.79 Å². The Labute approximate surface area is 297 Å². The fraction of sp³-hybridized carbons (Fsp3) is 0.348. The predicted octanol–water partition coefficient (Wildman–Crippen LogP) is 12.6. The van der Waals surface area contributed by atoms with Crippen LogP contribution in [0.5, 0.6) is 0 Å². The molecule has 0 aliphatic heterocycles. The Morgan fingerprint density at radius 1 is 0.796 bits per heavy atom. The molecule has 1 heterocycles. The zero-order valence-corrected chi connectivity index (χ0v) is 29.9. The smallest absolute Gasteiger partial charge is 0.164 e. The molecule has 1 saturated carbocycles. The monoisotopic (exact) mass is 665 g/mol.